The summed E-state index contributed by atoms with van der Waals surface area (Å²) in [4.78, 5) is 30.9. The molecule has 1 aliphatic rings. The van der Waals surface area contributed by atoms with E-state index in [0.717, 1.165) is 11.1 Å². The highest BCUT2D eigenvalue weighted by atomic mass is 16.5. The van der Waals surface area contributed by atoms with E-state index in [4.69, 9.17) is 4.52 Å². The fraction of sp³-hybridized carbons (Fsp3) is 0.0435. The van der Waals surface area contributed by atoms with E-state index in [1.165, 1.54) is 4.90 Å². The molecule has 0 N–H and O–H groups in total. The first-order chi connectivity index (χ1) is 14.1. The summed E-state index contributed by atoms with van der Waals surface area (Å²) in [6.45, 7) is 2.00. The van der Waals surface area contributed by atoms with Gasteiger partial charge in [-0.15, -0.1) is 0 Å². The van der Waals surface area contributed by atoms with Crippen LogP contribution in [0, 0.1) is 6.92 Å². The van der Waals surface area contributed by atoms with Crippen LogP contribution in [0.5, 0.6) is 0 Å². The quantitative estimate of drug-likeness (QED) is 0.488. The van der Waals surface area contributed by atoms with Crippen molar-refractivity contribution in [2.24, 2.45) is 0 Å². The summed E-state index contributed by atoms with van der Waals surface area (Å²) in [5, 5.41) is 4.05. The van der Waals surface area contributed by atoms with Crippen molar-refractivity contribution < 1.29 is 14.1 Å². The summed E-state index contributed by atoms with van der Waals surface area (Å²) in [5.74, 6) is 0.235. The fourth-order valence-electron chi connectivity index (χ4n) is 3.42. The van der Waals surface area contributed by atoms with Gasteiger partial charge in [0.1, 0.15) is 0 Å². The summed E-state index contributed by atoms with van der Waals surface area (Å²) < 4.78 is 5.39. The Morgan fingerprint density at radius 1 is 0.793 bits per heavy atom. The molecule has 5 rings (SSSR count). The molecule has 0 unspecified atom stereocenters. The number of benzene rings is 3. The second-order valence-corrected chi connectivity index (χ2v) is 6.83. The number of fused-ring (bicyclic) bond motifs is 1. The zero-order valence-electron chi connectivity index (χ0n) is 15.5. The lowest BCUT2D eigenvalue weighted by Crippen LogP contribution is -2.29. The van der Waals surface area contributed by atoms with Gasteiger partial charge in [-0.3, -0.25) is 9.59 Å². The smallest absolute Gasteiger partial charge is 0.266 e. The third-order valence-electron chi connectivity index (χ3n) is 4.87. The molecule has 0 bridgehead atoms. The standard InChI is InChI=1S/C23H15N3O3/c1-14-5-4-6-16(13-14)20-24-21(29-25-20)15-9-11-17(12-10-15)26-22(27)18-7-2-3-8-19(18)23(26)28/h2-13H,1H3. The Hall–Kier alpha value is -4.06. The maximum Gasteiger partial charge on any atom is 0.266 e. The van der Waals surface area contributed by atoms with Crippen molar-refractivity contribution in [3.63, 3.8) is 0 Å². The van der Waals surface area contributed by atoms with Crippen LogP contribution in [0.4, 0.5) is 5.69 Å². The second-order valence-electron chi connectivity index (χ2n) is 6.83. The highest BCUT2D eigenvalue weighted by molar-refractivity contribution is 6.34. The molecule has 2 heterocycles. The summed E-state index contributed by atoms with van der Waals surface area (Å²) >= 11 is 0. The van der Waals surface area contributed by atoms with E-state index in [-0.39, 0.29) is 11.8 Å². The minimum absolute atomic E-state index is 0.321. The van der Waals surface area contributed by atoms with Crippen molar-refractivity contribution in [3.8, 4) is 22.8 Å². The van der Waals surface area contributed by atoms with E-state index in [1.807, 2.05) is 31.2 Å². The number of carbonyl (C=O) groups is 2. The molecular weight excluding hydrogens is 366 g/mol. The number of rotatable bonds is 3. The predicted octanol–water partition coefficient (Wildman–Crippen LogP) is 4.51. The Kier molecular flexibility index (Phi) is 3.84. The van der Waals surface area contributed by atoms with E-state index in [0.29, 0.717) is 34.1 Å². The molecule has 6 heteroatoms. The number of anilines is 1. The van der Waals surface area contributed by atoms with Gasteiger partial charge in [0, 0.05) is 11.1 Å². The van der Waals surface area contributed by atoms with Crippen molar-refractivity contribution in [2.45, 2.75) is 6.92 Å². The molecule has 6 nitrogen and oxygen atoms in total. The van der Waals surface area contributed by atoms with Crippen molar-refractivity contribution >= 4 is 17.5 Å². The van der Waals surface area contributed by atoms with E-state index >= 15 is 0 Å². The van der Waals surface area contributed by atoms with Crippen molar-refractivity contribution in [1.82, 2.24) is 10.1 Å². The van der Waals surface area contributed by atoms with E-state index < -0.39 is 0 Å². The van der Waals surface area contributed by atoms with Crippen LogP contribution in [-0.4, -0.2) is 22.0 Å². The number of hydrogen-bond acceptors (Lipinski definition) is 5. The van der Waals surface area contributed by atoms with Gasteiger partial charge in [0.25, 0.3) is 17.7 Å². The molecule has 0 spiro atoms. The number of imide groups is 1. The van der Waals surface area contributed by atoms with Crippen LogP contribution in [0.1, 0.15) is 26.3 Å². The lowest BCUT2D eigenvalue weighted by Gasteiger charge is -2.13. The molecule has 2 amide bonds. The van der Waals surface area contributed by atoms with Crippen LogP contribution in [0.2, 0.25) is 0 Å². The first-order valence-electron chi connectivity index (χ1n) is 9.11. The number of amides is 2. The van der Waals surface area contributed by atoms with Crippen LogP contribution in [0.15, 0.2) is 77.3 Å². The highest BCUT2D eigenvalue weighted by Gasteiger charge is 2.36. The van der Waals surface area contributed by atoms with Gasteiger partial charge in [0.15, 0.2) is 0 Å². The van der Waals surface area contributed by atoms with Gasteiger partial charge in [0.2, 0.25) is 5.82 Å². The summed E-state index contributed by atoms with van der Waals surface area (Å²) in [6.07, 6.45) is 0. The van der Waals surface area contributed by atoms with Gasteiger partial charge < -0.3 is 4.52 Å². The molecule has 0 fully saturated rings. The number of hydrogen-bond donors (Lipinski definition) is 0. The molecular formula is C23H15N3O3. The average Bonchev–Trinajstić information content (AvgIpc) is 3.33. The molecule has 0 radical (unpaired) electrons. The van der Waals surface area contributed by atoms with Gasteiger partial charge in [0.05, 0.1) is 16.8 Å². The minimum Gasteiger partial charge on any atom is -0.334 e. The molecule has 140 valence electrons. The first kappa shape index (κ1) is 17.1. The molecule has 1 aliphatic heterocycles. The fourth-order valence-corrected chi connectivity index (χ4v) is 3.42. The molecule has 4 aromatic rings. The number of carbonyl (C=O) groups excluding carboxylic acids is 2. The van der Waals surface area contributed by atoms with E-state index in [1.54, 1.807) is 48.5 Å². The molecule has 0 atom stereocenters. The maximum atomic E-state index is 12.6. The van der Waals surface area contributed by atoms with E-state index in [9.17, 15) is 9.59 Å². The number of aromatic nitrogens is 2. The Morgan fingerprint density at radius 2 is 1.48 bits per heavy atom. The average molecular weight is 381 g/mol. The van der Waals surface area contributed by atoms with Crippen LogP contribution < -0.4 is 4.90 Å². The van der Waals surface area contributed by atoms with Crippen LogP contribution in [-0.2, 0) is 0 Å². The van der Waals surface area contributed by atoms with Crippen LogP contribution in [0.25, 0.3) is 22.8 Å². The van der Waals surface area contributed by atoms with Gasteiger partial charge in [-0.1, -0.05) is 41.1 Å². The molecule has 29 heavy (non-hydrogen) atoms. The maximum absolute atomic E-state index is 12.6. The van der Waals surface area contributed by atoms with Gasteiger partial charge in [-0.05, 0) is 49.4 Å². The zero-order valence-corrected chi connectivity index (χ0v) is 15.5. The molecule has 1 aromatic heterocycles. The molecule has 0 aliphatic carbocycles. The summed E-state index contributed by atoms with van der Waals surface area (Å²) in [7, 11) is 0. The van der Waals surface area contributed by atoms with E-state index in [2.05, 4.69) is 10.1 Å². The van der Waals surface area contributed by atoms with Crippen molar-refractivity contribution in [2.75, 3.05) is 4.90 Å². The highest BCUT2D eigenvalue weighted by Crippen LogP contribution is 2.30. The topological polar surface area (TPSA) is 76.3 Å². The summed E-state index contributed by atoms with van der Waals surface area (Å²) in [5.41, 5.74) is 4.03. The third kappa shape index (κ3) is 2.82. The zero-order chi connectivity index (χ0) is 20.0. The Bertz CT molecular complexity index is 1220. The molecule has 0 saturated heterocycles. The normalized spacial score (nSPS) is 13.1. The monoisotopic (exact) mass is 381 g/mol. The predicted molar refractivity (Wildman–Crippen MR) is 107 cm³/mol. The SMILES string of the molecule is Cc1cccc(-c2noc(-c3ccc(N4C(=O)c5ccccc5C4=O)cc3)n2)c1. The molecule has 3 aromatic carbocycles. The lowest BCUT2D eigenvalue weighted by molar-refractivity contribution is 0.0926. The van der Waals surface area contributed by atoms with Crippen LogP contribution in [0.3, 0.4) is 0 Å². The number of nitrogens with zero attached hydrogens (tertiary/aromatic N) is 3. The largest absolute Gasteiger partial charge is 0.334 e. The lowest BCUT2D eigenvalue weighted by atomic mass is 10.1. The second kappa shape index (κ2) is 6.53. The first-order valence-corrected chi connectivity index (χ1v) is 9.11. The minimum atomic E-state index is -0.321. The van der Waals surface area contributed by atoms with Gasteiger partial charge in [-0.2, -0.15) is 4.98 Å². The van der Waals surface area contributed by atoms with Gasteiger partial charge in [-0.25, -0.2) is 4.90 Å². The van der Waals surface area contributed by atoms with Crippen LogP contribution >= 0.6 is 0 Å². The Labute approximate surface area is 166 Å². The molecule has 0 saturated carbocycles. The Morgan fingerprint density at radius 3 is 2.14 bits per heavy atom. The van der Waals surface area contributed by atoms with Crippen molar-refractivity contribution in [3.05, 3.63) is 89.5 Å². The van der Waals surface area contributed by atoms with Gasteiger partial charge >= 0.3 is 0 Å². The van der Waals surface area contributed by atoms with Crippen molar-refractivity contribution in [1.29, 1.82) is 0 Å². The third-order valence-corrected chi connectivity index (χ3v) is 4.87. The summed E-state index contributed by atoms with van der Waals surface area (Å²) in [6, 6.07) is 21.6. The number of aryl methyl sites for hydroxylation is 1. The Balaban J connectivity index is 1.43.